The summed E-state index contributed by atoms with van der Waals surface area (Å²) in [4.78, 5) is 29.0. The van der Waals surface area contributed by atoms with Crippen molar-refractivity contribution in [1.29, 1.82) is 0 Å². The number of pyridine rings is 1. The molecule has 0 saturated heterocycles. The van der Waals surface area contributed by atoms with Crippen LogP contribution in [0.25, 0.3) is 0 Å². The van der Waals surface area contributed by atoms with Gasteiger partial charge in [0.05, 0.1) is 23.2 Å². The lowest BCUT2D eigenvalue weighted by molar-refractivity contribution is -0.144. The quantitative estimate of drug-likeness (QED) is 0.730. The number of carbonyl (C=O) groups is 2. The third-order valence-electron chi connectivity index (χ3n) is 5.57. The van der Waals surface area contributed by atoms with Crippen LogP contribution < -0.4 is 5.32 Å². The van der Waals surface area contributed by atoms with Crippen molar-refractivity contribution < 1.29 is 14.7 Å². The molecule has 1 unspecified atom stereocenters. The molecule has 5 nitrogen and oxygen atoms in total. The zero-order valence-corrected chi connectivity index (χ0v) is 15.4. The van der Waals surface area contributed by atoms with E-state index in [2.05, 4.69) is 10.3 Å². The minimum Gasteiger partial charge on any atom is -0.481 e. The SMILES string of the molecule is O=C(O)C(CCc1ccccc1)CC1(C(=O)Nc2cccnc2)CCCC1. The molecule has 1 amide bonds. The Labute approximate surface area is 159 Å². The first-order valence-electron chi connectivity index (χ1n) is 9.57. The number of carbonyl (C=O) groups excluding carboxylic acids is 1. The second kappa shape index (κ2) is 8.80. The average molecular weight is 366 g/mol. The number of aromatic nitrogens is 1. The van der Waals surface area contributed by atoms with Gasteiger partial charge in [0.1, 0.15) is 0 Å². The van der Waals surface area contributed by atoms with Crippen LogP contribution in [0.4, 0.5) is 5.69 Å². The molecule has 5 heteroatoms. The molecule has 1 aliphatic rings. The fourth-order valence-electron chi connectivity index (χ4n) is 4.05. The number of anilines is 1. The van der Waals surface area contributed by atoms with Crippen LogP contribution in [0.15, 0.2) is 54.9 Å². The van der Waals surface area contributed by atoms with Crippen LogP contribution in [-0.2, 0) is 16.0 Å². The molecule has 1 aromatic heterocycles. The summed E-state index contributed by atoms with van der Waals surface area (Å²) in [6.45, 7) is 0. The lowest BCUT2D eigenvalue weighted by Gasteiger charge is -2.30. The Bertz CT molecular complexity index is 756. The zero-order valence-electron chi connectivity index (χ0n) is 15.4. The second-order valence-corrected chi connectivity index (χ2v) is 7.45. The molecular weight excluding hydrogens is 340 g/mol. The van der Waals surface area contributed by atoms with Crippen molar-refractivity contribution in [3.63, 3.8) is 0 Å². The molecule has 0 radical (unpaired) electrons. The molecule has 1 heterocycles. The van der Waals surface area contributed by atoms with E-state index in [1.165, 1.54) is 0 Å². The lowest BCUT2D eigenvalue weighted by atomic mass is 9.75. The number of aliphatic carboxylic acids is 1. The van der Waals surface area contributed by atoms with Gasteiger partial charge in [-0.1, -0.05) is 43.2 Å². The smallest absolute Gasteiger partial charge is 0.306 e. The van der Waals surface area contributed by atoms with E-state index in [0.29, 0.717) is 24.9 Å². The molecule has 1 aromatic carbocycles. The van der Waals surface area contributed by atoms with Crippen LogP contribution in [0.3, 0.4) is 0 Å². The summed E-state index contributed by atoms with van der Waals surface area (Å²) in [5.41, 5.74) is 1.18. The molecule has 0 spiro atoms. The highest BCUT2D eigenvalue weighted by Crippen LogP contribution is 2.45. The van der Waals surface area contributed by atoms with E-state index in [-0.39, 0.29) is 5.91 Å². The highest BCUT2D eigenvalue weighted by molar-refractivity contribution is 5.95. The van der Waals surface area contributed by atoms with E-state index in [0.717, 1.165) is 31.2 Å². The average Bonchev–Trinajstić information content (AvgIpc) is 3.16. The van der Waals surface area contributed by atoms with Gasteiger partial charge in [0, 0.05) is 6.20 Å². The van der Waals surface area contributed by atoms with E-state index >= 15 is 0 Å². The second-order valence-electron chi connectivity index (χ2n) is 7.45. The van der Waals surface area contributed by atoms with Crippen molar-refractivity contribution >= 4 is 17.6 Å². The lowest BCUT2D eigenvalue weighted by Crippen LogP contribution is -2.37. The number of hydrogen-bond acceptors (Lipinski definition) is 3. The summed E-state index contributed by atoms with van der Waals surface area (Å²) in [5.74, 6) is -1.41. The maximum Gasteiger partial charge on any atom is 0.306 e. The van der Waals surface area contributed by atoms with Crippen LogP contribution in [0.1, 0.15) is 44.1 Å². The van der Waals surface area contributed by atoms with Crippen LogP contribution in [-0.4, -0.2) is 22.0 Å². The fourth-order valence-corrected chi connectivity index (χ4v) is 4.05. The monoisotopic (exact) mass is 366 g/mol. The molecule has 2 N–H and O–H groups in total. The number of carboxylic acids is 1. The van der Waals surface area contributed by atoms with Crippen molar-refractivity contribution in [2.24, 2.45) is 11.3 Å². The molecule has 0 aliphatic heterocycles. The van der Waals surface area contributed by atoms with E-state index < -0.39 is 17.3 Å². The number of aryl methyl sites for hydroxylation is 1. The first-order chi connectivity index (χ1) is 13.1. The van der Waals surface area contributed by atoms with Crippen molar-refractivity contribution in [3.8, 4) is 0 Å². The molecule has 1 aliphatic carbocycles. The van der Waals surface area contributed by atoms with Gasteiger partial charge in [-0.3, -0.25) is 14.6 Å². The Kier molecular flexibility index (Phi) is 6.22. The molecule has 3 rings (SSSR count). The number of nitrogens with one attached hydrogen (secondary N) is 1. The maximum atomic E-state index is 13.0. The molecule has 1 fully saturated rings. The van der Waals surface area contributed by atoms with Crippen molar-refractivity contribution in [3.05, 3.63) is 60.4 Å². The topological polar surface area (TPSA) is 79.3 Å². The van der Waals surface area contributed by atoms with Crippen LogP contribution in [0.5, 0.6) is 0 Å². The number of rotatable bonds is 8. The predicted octanol–water partition coefficient (Wildman–Crippen LogP) is 4.30. The van der Waals surface area contributed by atoms with Gasteiger partial charge in [-0.25, -0.2) is 0 Å². The van der Waals surface area contributed by atoms with E-state index in [4.69, 9.17) is 0 Å². The van der Waals surface area contributed by atoms with Gasteiger partial charge in [-0.2, -0.15) is 0 Å². The van der Waals surface area contributed by atoms with Gasteiger partial charge in [0.2, 0.25) is 5.91 Å². The zero-order chi connectivity index (χ0) is 19.1. The van der Waals surface area contributed by atoms with Crippen molar-refractivity contribution in [1.82, 2.24) is 4.98 Å². The third-order valence-corrected chi connectivity index (χ3v) is 5.57. The van der Waals surface area contributed by atoms with Gasteiger partial charge in [0.15, 0.2) is 0 Å². The molecular formula is C22H26N2O3. The van der Waals surface area contributed by atoms with E-state index in [9.17, 15) is 14.7 Å². The Balaban J connectivity index is 1.70. The van der Waals surface area contributed by atoms with Crippen LogP contribution in [0, 0.1) is 11.3 Å². The number of benzene rings is 1. The number of nitrogens with zero attached hydrogens (tertiary/aromatic N) is 1. The molecule has 27 heavy (non-hydrogen) atoms. The first kappa shape index (κ1) is 19.1. The largest absolute Gasteiger partial charge is 0.481 e. The third kappa shape index (κ3) is 4.94. The Hall–Kier alpha value is -2.69. The predicted molar refractivity (Wildman–Crippen MR) is 104 cm³/mol. The Morgan fingerprint density at radius 2 is 1.85 bits per heavy atom. The molecule has 1 saturated carbocycles. The van der Waals surface area contributed by atoms with Gasteiger partial charge < -0.3 is 10.4 Å². The highest BCUT2D eigenvalue weighted by atomic mass is 16.4. The summed E-state index contributed by atoms with van der Waals surface area (Å²) < 4.78 is 0. The van der Waals surface area contributed by atoms with E-state index in [1.807, 2.05) is 30.3 Å². The molecule has 2 aromatic rings. The Morgan fingerprint density at radius 1 is 1.11 bits per heavy atom. The number of carboxylic acid groups (broad SMARTS) is 1. The van der Waals surface area contributed by atoms with Crippen molar-refractivity contribution in [2.75, 3.05) is 5.32 Å². The van der Waals surface area contributed by atoms with Gasteiger partial charge in [-0.05, 0) is 49.8 Å². The standard InChI is InChI=1S/C22H26N2O3/c25-20(26)18(11-10-17-7-2-1-3-8-17)15-22(12-4-5-13-22)21(27)24-19-9-6-14-23-16-19/h1-3,6-9,14,16,18H,4-5,10-13,15H2,(H,24,27)(H,25,26). The van der Waals surface area contributed by atoms with Gasteiger partial charge >= 0.3 is 5.97 Å². The van der Waals surface area contributed by atoms with Crippen LogP contribution in [0.2, 0.25) is 0 Å². The minimum atomic E-state index is -0.814. The van der Waals surface area contributed by atoms with Gasteiger partial charge in [-0.15, -0.1) is 0 Å². The van der Waals surface area contributed by atoms with Crippen LogP contribution >= 0.6 is 0 Å². The number of amides is 1. The van der Waals surface area contributed by atoms with Gasteiger partial charge in [0.25, 0.3) is 0 Å². The normalized spacial score (nSPS) is 16.6. The minimum absolute atomic E-state index is 0.0704. The Morgan fingerprint density at radius 3 is 2.48 bits per heavy atom. The molecule has 142 valence electrons. The summed E-state index contributed by atoms with van der Waals surface area (Å²) in [6, 6.07) is 13.5. The summed E-state index contributed by atoms with van der Waals surface area (Å²) in [7, 11) is 0. The fraction of sp³-hybridized carbons (Fsp3) is 0.409. The summed E-state index contributed by atoms with van der Waals surface area (Å²) >= 11 is 0. The molecule has 1 atom stereocenters. The summed E-state index contributed by atoms with van der Waals surface area (Å²) in [5, 5.41) is 12.7. The highest BCUT2D eigenvalue weighted by Gasteiger charge is 2.44. The maximum absolute atomic E-state index is 13.0. The first-order valence-corrected chi connectivity index (χ1v) is 9.57. The molecule has 0 bridgehead atoms. The number of hydrogen-bond donors (Lipinski definition) is 2. The van der Waals surface area contributed by atoms with Crippen molar-refractivity contribution in [2.45, 2.75) is 44.9 Å². The summed E-state index contributed by atoms with van der Waals surface area (Å²) in [6.07, 6.45) is 8.33. The van der Waals surface area contributed by atoms with E-state index in [1.54, 1.807) is 24.5 Å².